The van der Waals surface area contributed by atoms with Gasteiger partial charge in [0.25, 0.3) is 7.82 Å². The normalized spacial score (nSPS) is 14.2. The highest BCUT2D eigenvalue weighted by Crippen LogP contribution is 2.38. The molecule has 0 aromatic carbocycles. The lowest BCUT2D eigenvalue weighted by Gasteiger charge is -2.29. The van der Waals surface area contributed by atoms with Gasteiger partial charge in [-0.05, 0) is 83.5 Å². The fourth-order valence-corrected chi connectivity index (χ4v) is 10.9. The van der Waals surface area contributed by atoms with Crippen LogP contribution in [0.4, 0.5) is 0 Å². The van der Waals surface area contributed by atoms with Crippen molar-refractivity contribution in [1.29, 1.82) is 0 Å². The third kappa shape index (κ3) is 65.2. The van der Waals surface area contributed by atoms with Crippen LogP contribution in [-0.4, -0.2) is 68.5 Å². The smallest absolute Gasteiger partial charge is 0.268 e. The highest BCUT2D eigenvalue weighted by molar-refractivity contribution is 7.45. The summed E-state index contributed by atoms with van der Waals surface area (Å²) < 4.78 is 23.4. The molecule has 3 atom stereocenters. The lowest BCUT2D eigenvalue weighted by molar-refractivity contribution is -0.870. The third-order valence-corrected chi connectivity index (χ3v) is 16.5. The Kier molecular flexibility index (Phi) is 61.4. The van der Waals surface area contributed by atoms with Crippen LogP contribution in [0.3, 0.4) is 0 Å². The molecule has 0 aromatic heterocycles. The fraction of sp³-hybridized carbons (Fsp3) is 0.795. The van der Waals surface area contributed by atoms with Gasteiger partial charge >= 0.3 is 0 Å². The monoisotopic (exact) mass is 1170 g/mol. The lowest BCUT2D eigenvalue weighted by atomic mass is 10.0. The lowest BCUT2D eigenvalue weighted by Crippen LogP contribution is -2.45. The SMILES string of the molecule is CC/C=C\C/C=C\C/C=C\C/C=C\CCCCCCCCCCCCCCCCCCC(=O)NC(COP(=O)([O-])OCC[N+](C)(C)C)C(O)/C=C/CC/C=C/CC/C=C/CCCCCCCCCCCCCCCCCCCCCCC. The van der Waals surface area contributed by atoms with Crippen LogP contribution in [0.15, 0.2) is 85.1 Å². The van der Waals surface area contributed by atoms with Gasteiger partial charge in [-0.2, -0.15) is 0 Å². The number of rotatable bonds is 64. The number of amides is 1. The molecule has 478 valence electrons. The molecule has 0 aliphatic rings. The van der Waals surface area contributed by atoms with Gasteiger partial charge in [-0.25, -0.2) is 0 Å². The Bertz CT molecular complexity index is 1610. The van der Waals surface area contributed by atoms with Crippen LogP contribution in [0.5, 0.6) is 0 Å². The maximum Gasteiger partial charge on any atom is 0.268 e. The van der Waals surface area contributed by atoms with Gasteiger partial charge in [0.15, 0.2) is 0 Å². The van der Waals surface area contributed by atoms with E-state index in [1.807, 2.05) is 27.2 Å². The van der Waals surface area contributed by atoms with Crippen molar-refractivity contribution in [2.45, 2.75) is 334 Å². The number of phosphoric acid groups is 1. The molecule has 9 heteroatoms. The highest BCUT2D eigenvalue weighted by Gasteiger charge is 2.23. The first-order valence-corrected chi connectivity index (χ1v) is 36.4. The molecule has 82 heavy (non-hydrogen) atoms. The van der Waals surface area contributed by atoms with Gasteiger partial charge in [0.1, 0.15) is 13.2 Å². The molecule has 0 heterocycles. The predicted molar refractivity (Wildman–Crippen MR) is 357 cm³/mol. The molecular formula is C73H135N2O6P. The second-order valence-corrected chi connectivity index (χ2v) is 26.2. The van der Waals surface area contributed by atoms with Gasteiger partial charge in [-0.1, -0.05) is 317 Å². The zero-order valence-electron chi connectivity index (χ0n) is 54.7. The molecule has 1 amide bonds. The summed E-state index contributed by atoms with van der Waals surface area (Å²) in [6, 6.07) is -0.915. The summed E-state index contributed by atoms with van der Waals surface area (Å²) in [4.78, 5) is 25.6. The second-order valence-electron chi connectivity index (χ2n) is 24.8. The van der Waals surface area contributed by atoms with Crippen LogP contribution >= 0.6 is 7.82 Å². The quantitative estimate of drug-likeness (QED) is 0.0272. The molecule has 0 bridgehead atoms. The number of carbonyl (C=O) groups excluding carboxylic acids is 1. The van der Waals surface area contributed by atoms with Gasteiger partial charge in [0.05, 0.1) is 39.9 Å². The minimum Gasteiger partial charge on any atom is -0.756 e. The molecule has 0 rings (SSSR count). The minimum atomic E-state index is -4.62. The molecular weight excluding hydrogens is 1030 g/mol. The van der Waals surface area contributed by atoms with E-state index in [4.69, 9.17) is 9.05 Å². The number of allylic oxidation sites excluding steroid dienone is 13. The van der Waals surface area contributed by atoms with Crippen molar-refractivity contribution < 1.29 is 32.9 Å². The minimum absolute atomic E-state index is 0.0111. The average Bonchev–Trinajstić information content (AvgIpc) is 3.47. The number of aliphatic hydroxyl groups is 1. The summed E-state index contributed by atoms with van der Waals surface area (Å²) in [5.41, 5.74) is 0. The van der Waals surface area contributed by atoms with Crippen molar-refractivity contribution in [3.63, 3.8) is 0 Å². The van der Waals surface area contributed by atoms with Crippen molar-refractivity contribution in [3.8, 4) is 0 Å². The molecule has 0 saturated heterocycles. The van der Waals surface area contributed by atoms with Crippen LogP contribution < -0.4 is 10.2 Å². The number of nitrogens with zero attached hydrogens (tertiary/aromatic N) is 1. The molecule has 0 radical (unpaired) electrons. The largest absolute Gasteiger partial charge is 0.756 e. The van der Waals surface area contributed by atoms with Crippen LogP contribution in [-0.2, 0) is 18.4 Å². The number of phosphoric ester groups is 1. The summed E-state index contributed by atoms with van der Waals surface area (Å²) >= 11 is 0. The van der Waals surface area contributed by atoms with Crippen molar-refractivity contribution in [2.24, 2.45) is 0 Å². The van der Waals surface area contributed by atoms with E-state index in [9.17, 15) is 19.4 Å². The number of nitrogens with one attached hydrogen (secondary N) is 1. The van der Waals surface area contributed by atoms with Gasteiger partial charge in [0.2, 0.25) is 5.91 Å². The Morgan fingerprint density at radius 1 is 0.439 bits per heavy atom. The fourth-order valence-electron chi connectivity index (χ4n) is 10.2. The van der Waals surface area contributed by atoms with Gasteiger partial charge in [0, 0.05) is 6.42 Å². The Balaban J connectivity index is 4.13. The summed E-state index contributed by atoms with van der Waals surface area (Å²) in [5.74, 6) is -0.210. The first-order valence-electron chi connectivity index (χ1n) is 34.9. The van der Waals surface area contributed by atoms with Crippen molar-refractivity contribution in [3.05, 3.63) is 85.1 Å². The molecule has 0 spiro atoms. The Hall–Kier alpha value is -2.32. The molecule has 0 aliphatic heterocycles. The third-order valence-electron chi connectivity index (χ3n) is 15.6. The molecule has 0 aliphatic carbocycles. The number of unbranched alkanes of at least 4 members (excludes halogenated alkanes) is 39. The van der Waals surface area contributed by atoms with Gasteiger partial charge in [-0.3, -0.25) is 9.36 Å². The van der Waals surface area contributed by atoms with E-state index in [-0.39, 0.29) is 12.5 Å². The van der Waals surface area contributed by atoms with Crippen LogP contribution in [0, 0.1) is 0 Å². The molecule has 0 saturated carbocycles. The number of likely N-dealkylation sites (N-methyl/N-ethyl adjacent to an activating group) is 1. The summed E-state index contributed by atoms with van der Waals surface area (Å²) in [5, 5.41) is 13.9. The molecule has 3 unspecified atom stereocenters. The summed E-state index contributed by atoms with van der Waals surface area (Å²) in [6.45, 7) is 4.54. The highest BCUT2D eigenvalue weighted by atomic mass is 31.2. The van der Waals surface area contributed by atoms with Crippen molar-refractivity contribution in [1.82, 2.24) is 5.32 Å². The number of quaternary nitrogens is 1. The van der Waals surface area contributed by atoms with Gasteiger partial charge in [-0.15, -0.1) is 0 Å². The summed E-state index contributed by atoms with van der Waals surface area (Å²) in [6.07, 6.45) is 90.0. The predicted octanol–water partition coefficient (Wildman–Crippen LogP) is 21.7. The first kappa shape index (κ1) is 79.7. The zero-order valence-corrected chi connectivity index (χ0v) is 55.6. The van der Waals surface area contributed by atoms with Crippen LogP contribution in [0.1, 0.15) is 322 Å². The molecule has 0 fully saturated rings. The zero-order chi connectivity index (χ0) is 59.8. The Morgan fingerprint density at radius 2 is 0.756 bits per heavy atom. The van der Waals surface area contributed by atoms with Crippen molar-refractivity contribution in [2.75, 3.05) is 40.9 Å². The van der Waals surface area contributed by atoms with E-state index in [1.165, 1.54) is 231 Å². The average molecular weight is 1170 g/mol. The van der Waals surface area contributed by atoms with Crippen molar-refractivity contribution >= 4 is 13.7 Å². The number of aliphatic hydroxyl groups excluding tert-OH is 1. The molecule has 2 N–H and O–H groups in total. The number of hydrogen-bond acceptors (Lipinski definition) is 6. The van der Waals surface area contributed by atoms with E-state index < -0.39 is 26.6 Å². The number of hydrogen-bond donors (Lipinski definition) is 2. The van der Waals surface area contributed by atoms with E-state index in [0.717, 1.165) is 70.6 Å². The van der Waals surface area contributed by atoms with Gasteiger partial charge < -0.3 is 28.8 Å². The van der Waals surface area contributed by atoms with E-state index in [1.54, 1.807) is 6.08 Å². The Labute approximate surface area is 509 Å². The maximum absolute atomic E-state index is 13.0. The second kappa shape index (κ2) is 63.2. The van der Waals surface area contributed by atoms with Crippen LogP contribution in [0.2, 0.25) is 0 Å². The first-order chi connectivity index (χ1) is 40.0. The number of carbonyl (C=O) groups is 1. The molecule has 8 nitrogen and oxygen atoms in total. The van der Waals surface area contributed by atoms with E-state index in [0.29, 0.717) is 17.4 Å². The standard InChI is InChI=1S/C73H135N2O6P/c1-6-8-10-12-14-16-18-20-22-24-26-28-30-32-34-36-37-39-40-42-44-46-48-50-52-54-56-58-60-62-64-66-72(76)71(70-81-82(78,79)80-69-68-75(3,4)5)74-73(77)67-65-63-61-59-57-55-53-51-49-47-45-43-41-38-35-33-31-29-27-25-23-21-19-17-15-13-11-9-7-2/h9,11,15,17,21,23,27,29,48,50,56,58,64,66,71-72,76H,6-8,10,12-14,16,18-20,22,24-26,28,30-47,49,51-55,57,59-63,65,67-70H2,1-5H3,(H-,74,77,78,79)/b11-9-,17-15-,23-21-,29-27-,50-48+,58-56+,66-64+. The van der Waals surface area contributed by atoms with Crippen LogP contribution in [0.25, 0.3) is 0 Å². The molecule has 0 aromatic rings. The Morgan fingerprint density at radius 3 is 1.13 bits per heavy atom. The maximum atomic E-state index is 13.0. The van der Waals surface area contributed by atoms with E-state index in [2.05, 4.69) is 92.1 Å². The summed E-state index contributed by atoms with van der Waals surface area (Å²) in [7, 11) is 1.24. The topological polar surface area (TPSA) is 108 Å². The van der Waals surface area contributed by atoms with E-state index >= 15 is 0 Å².